The summed E-state index contributed by atoms with van der Waals surface area (Å²) in [4.78, 5) is 23.3. The van der Waals surface area contributed by atoms with Crippen LogP contribution in [-0.2, 0) is 18.4 Å². The molecule has 3 atom stereocenters. The first-order valence-electron chi connectivity index (χ1n) is 30.9. The predicted molar refractivity (Wildman–Crippen MR) is 309 cm³/mol. The van der Waals surface area contributed by atoms with Gasteiger partial charge in [0.15, 0.2) is 0 Å². The molecule has 0 aliphatic rings. The van der Waals surface area contributed by atoms with Crippen LogP contribution in [0.1, 0.15) is 303 Å². The van der Waals surface area contributed by atoms with Crippen LogP contribution in [0.3, 0.4) is 0 Å². The van der Waals surface area contributed by atoms with Gasteiger partial charge in [-0.05, 0) is 51.4 Å². The highest BCUT2D eigenvalue weighted by atomic mass is 31.2. The average molecular weight is 1020 g/mol. The van der Waals surface area contributed by atoms with Gasteiger partial charge in [-0.2, -0.15) is 0 Å². The highest BCUT2D eigenvalue weighted by molar-refractivity contribution is 7.47. The Bertz CT molecular complexity index is 1250. The number of likely N-dealkylation sites (N-methyl/N-ethyl adjacent to an activating group) is 1. The zero-order valence-electron chi connectivity index (χ0n) is 48.0. The van der Waals surface area contributed by atoms with Crippen LogP contribution in [0.4, 0.5) is 0 Å². The summed E-state index contributed by atoms with van der Waals surface area (Å²) in [6, 6.07) is -0.848. The molecule has 3 unspecified atom stereocenters. The second kappa shape index (κ2) is 53.5. The van der Waals surface area contributed by atoms with E-state index in [0.29, 0.717) is 17.4 Å². The molecular weight excluding hydrogens is 900 g/mol. The molecule has 0 bridgehead atoms. The molecule has 0 heterocycles. The van der Waals surface area contributed by atoms with Gasteiger partial charge in [0.1, 0.15) is 13.2 Å². The number of rotatable bonds is 57. The number of unbranched alkanes of at least 4 members (excludes halogenated alkanes) is 40. The van der Waals surface area contributed by atoms with E-state index in [0.717, 1.165) is 44.9 Å². The summed E-state index contributed by atoms with van der Waals surface area (Å²) in [5.41, 5.74) is 0. The van der Waals surface area contributed by atoms with Gasteiger partial charge in [-0.1, -0.05) is 281 Å². The van der Waals surface area contributed by atoms with E-state index in [1.807, 2.05) is 27.2 Å². The summed E-state index contributed by atoms with van der Waals surface area (Å²) >= 11 is 0. The van der Waals surface area contributed by atoms with Gasteiger partial charge in [0.25, 0.3) is 0 Å². The lowest BCUT2D eigenvalue weighted by Crippen LogP contribution is -2.45. The lowest BCUT2D eigenvalue weighted by atomic mass is 10.0. The molecule has 0 rings (SSSR count). The molecule has 3 N–H and O–H groups in total. The summed E-state index contributed by atoms with van der Waals surface area (Å²) in [5.74, 6) is -0.175. The van der Waals surface area contributed by atoms with Crippen molar-refractivity contribution >= 4 is 13.7 Å². The van der Waals surface area contributed by atoms with Crippen molar-refractivity contribution in [2.45, 2.75) is 315 Å². The molecule has 0 aromatic heterocycles. The molecule has 71 heavy (non-hydrogen) atoms. The Kier molecular flexibility index (Phi) is 52.6. The van der Waals surface area contributed by atoms with Crippen LogP contribution in [0.15, 0.2) is 36.5 Å². The predicted octanol–water partition coefficient (Wildman–Crippen LogP) is 18.9. The van der Waals surface area contributed by atoms with E-state index in [2.05, 4.69) is 43.5 Å². The molecule has 420 valence electrons. The summed E-state index contributed by atoms with van der Waals surface area (Å²) in [7, 11) is 1.58. The first-order chi connectivity index (χ1) is 34.5. The Morgan fingerprint density at radius 2 is 0.803 bits per heavy atom. The van der Waals surface area contributed by atoms with Crippen molar-refractivity contribution in [1.82, 2.24) is 5.32 Å². The first-order valence-corrected chi connectivity index (χ1v) is 32.4. The second-order valence-electron chi connectivity index (χ2n) is 22.4. The van der Waals surface area contributed by atoms with E-state index in [1.165, 1.54) is 238 Å². The number of carbonyl (C=O) groups is 1. The highest BCUT2D eigenvalue weighted by Gasteiger charge is 2.27. The molecule has 1 amide bonds. The van der Waals surface area contributed by atoms with Crippen molar-refractivity contribution < 1.29 is 32.9 Å². The van der Waals surface area contributed by atoms with Gasteiger partial charge in [0.05, 0.1) is 39.9 Å². The van der Waals surface area contributed by atoms with E-state index in [-0.39, 0.29) is 19.1 Å². The van der Waals surface area contributed by atoms with E-state index in [4.69, 9.17) is 9.05 Å². The summed E-state index contributed by atoms with van der Waals surface area (Å²) in [6.07, 6.45) is 69.7. The second-order valence-corrected chi connectivity index (χ2v) is 23.9. The maximum absolute atomic E-state index is 13.0. The fraction of sp³-hybridized carbons (Fsp3) is 0.887. The van der Waals surface area contributed by atoms with Crippen molar-refractivity contribution in [2.75, 3.05) is 40.9 Å². The normalized spacial score (nSPS) is 14.1. The Labute approximate surface area is 442 Å². The van der Waals surface area contributed by atoms with Gasteiger partial charge in [0.2, 0.25) is 5.91 Å². The van der Waals surface area contributed by atoms with Crippen LogP contribution in [0.25, 0.3) is 0 Å². The Balaban J connectivity index is 4.16. The van der Waals surface area contributed by atoms with Crippen molar-refractivity contribution in [2.24, 2.45) is 0 Å². The third-order valence-electron chi connectivity index (χ3n) is 14.1. The van der Waals surface area contributed by atoms with Crippen LogP contribution in [0.2, 0.25) is 0 Å². The zero-order valence-corrected chi connectivity index (χ0v) is 48.9. The van der Waals surface area contributed by atoms with Crippen LogP contribution >= 0.6 is 7.82 Å². The van der Waals surface area contributed by atoms with Crippen molar-refractivity contribution in [3.63, 3.8) is 0 Å². The molecule has 8 nitrogen and oxygen atoms in total. The van der Waals surface area contributed by atoms with Gasteiger partial charge in [-0.25, -0.2) is 4.57 Å². The minimum Gasteiger partial charge on any atom is -0.387 e. The molecule has 0 radical (unpaired) electrons. The van der Waals surface area contributed by atoms with Crippen molar-refractivity contribution in [3.8, 4) is 0 Å². The van der Waals surface area contributed by atoms with Gasteiger partial charge < -0.3 is 19.8 Å². The Morgan fingerprint density at radius 3 is 1.15 bits per heavy atom. The third-order valence-corrected chi connectivity index (χ3v) is 15.1. The quantitative estimate of drug-likeness (QED) is 0.0243. The molecule has 0 aliphatic carbocycles. The van der Waals surface area contributed by atoms with Crippen molar-refractivity contribution in [3.05, 3.63) is 36.5 Å². The Morgan fingerprint density at radius 1 is 0.479 bits per heavy atom. The molecule has 0 saturated heterocycles. The molecule has 0 aromatic carbocycles. The number of allylic oxidation sites excluding steroid dienone is 5. The fourth-order valence-corrected chi connectivity index (χ4v) is 9.99. The van der Waals surface area contributed by atoms with E-state index >= 15 is 0 Å². The zero-order chi connectivity index (χ0) is 52.0. The van der Waals surface area contributed by atoms with Gasteiger partial charge in [-0.3, -0.25) is 13.8 Å². The molecule has 0 saturated carbocycles. The number of aliphatic hydroxyl groups is 1. The highest BCUT2D eigenvalue weighted by Crippen LogP contribution is 2.43. The van der Waals surface area contributed by atoms with Gasteiger partial charge in [0, 0.05) is 6.42 Å². The number of phosphoric ester groups is 1. The lowest BCUT2D eigenvalue weighted by molar-refractivity contribution is -0.870. The fourth-order valence-electron chi connectivity index (χ4n) is 9.25. The maximum Gasteiger partial charge on any atom is 0.472 e. The maximum atomic E-state index is 13.0. The molecule has 0 spiro atoms. The molecule has 0 fully saturated rings. The van der Waals surface area contributed by atoms with Crippen LogP contribution in [0.5, 0.6) is 0 Å². The number of amides is 1. The SMILES string of the molecule is CCCCCCCCCCC/C=C\C/C=C\CCCCCCCCCCCCCC(=O)NC(COP(=O)(O)OCC[N+](C)(C)C)C(O)/C=C/CCCCCCCCCCCCCCCCCCCCCC. The van der Waals surface area contributed by atoms with Gasteiger partial charge >= 0.3 is 7.82 Å². The number of carbonyl (C=O) groups excluding carboxylic acids is 1. The van der Waals surface area contributed by atoms with E-state index in [1.54, 1.807) is 6.08 Å². The van der Waals surface area contributed by atoms with Crippen LogP contribution in [0, 0.1) is 0 Å². The van der Waals surface area contributed by atoms with Crippen LogP contribution < -0.4 is 5.32 Å². The first kappa shape index (κ1) is 69.7. The standard InChI is InChI=1S/C62H121N2O6P/c1-6-8-10-12-14-16-18-20-22-24-26-28-30-31-32-33-34-36-38-40-42-44-46-48-50-52-54-56-62(66)63-60(59-70-71(67,68)69-58-57-64(3,4)5)61(65)55-53-51-49-47-45-43-41-39-37-35-29-27-25-23-21-19-17-15-13-11-9-7-2/h26,28,31-32,53,55,60-61,65H,6-25,27,29-30,33-52,54,56-59H2,1-5H3,(H-,63,66,67,68)/p+1/b28-26-,32-31-,55-53+. The van der Waals surface area contributed by atoms with Crippen molar-refractivity contribution in [1.29, 1.82) is 0 Å². The number of hydrogen-bond donors (Lipinski definition) is 3. The summed E-state index contributed by atoms with van der Waals surface area (Å²) in [5, 5.41) is 14.0. The minimum atomic E-state index is -4.35. The lowest BCUT2D eigenvalue weighted by Gasteiger charge is -2.25. The average Bonchev–Trinajstić information content (AvgIpc) is 3.33. The van der Waals surface area contributed by atoms with Crippen LogP contribution in [-0.4, -0.2) is 73.4 Å². The van der Waals surface area contributed by atoms with E-state index in [9.17, 15) is 19.4 Å². The summed E-state index contributed by atoms with van der Waals surface area (Å²) < 4.78 is 23.8. The number of hydrogen-bond acceptors (Lipinski definition) is 5. The van der Waals surface area contributed by atoms with Gasteiger partial charge in [-0.15, -0.1) is 0 Å². The number of nitrogens with one attached hydrogen (secondary N) is 1. The summed E-state index contributed by atoms with van der Waals surface area (Å²) in [6.45, 7) is 4.86. The molecule has 0 aliphatic heterocycles. The Hall–Kier alpha value is -1.28. The number of nitrogens with zero attached hydrogens (tertiary/aromatic N) is 1. The molecular formula is C62H122N2O6P+. The monoisotopic (exact) mass is 1020 g/mol. The largest absolute Gasteiger partial charge is 0.472 e. The molecule has 9 heteroatoms. The number of aliphatic hydroxyl groups excluding tert-OH is 1. The number of phosphoric acid groups is 1. The smallest absolute Gasteiger partial charge is 0.387 e. The molecule has 0 aromatic rings. The third kappa shape index (κ3) is 56.3. The number of quaternary nitrogens is 1. The topological polar surface area (TPSA) is 105 Å². The minimum absolute atomic E-state index is 0.0618. The van der Waals surface area contributed by atoms with E-state index < -0.39 is 20.0 Å².